The summed E-state index contributed by atoms with van der Waals surface area (Å²) >= 11 is 6.36. The summed E-state index contributed by atoms with van der Waals surface area (Å²) < 4.78 is 18.3. The number of hydrogen-bond acceptors (Lipinski definition) is 7. The molecule has 29 heavy (non-hydrogen) atoms. The normalized spacial score (nSPS) is 16.6. The molecule has 1 aliphatic rings. The molecule has 7 nitrogen and oxygen atoms in total. The van der Waals surface area contributed by atoms with Crippen molar-refractivity contribution in [1.29, 1.82) is 0 Å². The molecule has 1 aliphatic heterocycles. The molecule has 1 aromatic heterocycles. The van der Waals surface area contributed by atoms with Crippen molar-refractivity contribution in [2.45, 2.75) is 13.0 Å². The molecule has 0 spiro atoms. The number of thiocarbonyl (C=S) groups is 1. The van der Waals surface area contributed by atoms with Gasteiger partial charge in [0.2, 0.25) is 5.91 Å². The van der Waals surface area contributed by atoms with Crippen LogP contribution in [0.25, 0.3) is 17.1 Å². The molecule has 3 aromatic rings. The van der Waals surface area contributed by atoms with Crippen LogP contribution in [0, 0.1) is 5.82 Å². The predicted molar refractivity (Wildman–Crippen MR) is 111 cm³/mol. The van der Waals surface area contributed by atoms with Gasteiger partial charge in [-0.3, -0.25) is 14.5 Å². The molecule has 0 radical (unpaired) electrons. The van der Waals surface area contributed by atoms with Crippen LogP contribution in [-0.2, 0) is 9.59 Å². The molecule has 0 aliphatic carbocycles. The van der Waals surface area contributed by atoms with Gasteiger partial charge in [0.25, 0.3) is 5.91 Å². The lowest BCUT2D eigenvalue weighted by Gasteiger charge is -2.22. The Morgan fingerprint density at radius 2 is 2.10 bits per heavy atom. The fraction of sp³-hybridized carbons (Fsp3) is 0.105. The number of anilines is 1. The number of thioether (sulfide) groups is 1. The van der Waals surface area contributed by atoms with Crippen LogP contribution in [0.4, 0.5) is 10.1 Å². The van der Waals surface area contributed by atoms with E-state index in [1.807, 2.05) is 0 Å². The van der Waals surface area contributed by atoms with Crippen LogP contribution in [0.3, 0.4) is 0 Å². The van der Waals surface area contributed by atoms with Gasteiger partial charge in [-0.05, 0) is 53.1 Å². The Labute approximate surface area is 173 Å². The van der Waals surface area contributed by atoms with Gasteiger partial charge in [-0.2, -0.15) is 0 Å². The Kier molecular flexibility index (Phi) is 5.12. The van der Waals surface area contributed by atoms with Crippen molar-refractivity contribution in [2.75, 3.05) is 5.32 Å². The number of nitrogens with one attached hydrogen (secondary N) is 1. The van der Waals surface area contributed by atoms with Gasteiger partial charge in [0.1, 0.15) is 21.7 Å². The number of aromatic nitrogens is 2. The van der Waals surface area contributed by atoms with Crippen molar-refractivity contribution in [3.8, 4) is 0 Å². The molecular formula is C19H13FN4O3S2. The summed E-state index contributed by atoms with van der Waals surface area (Å²) in [5.74, 6) is -1.25. The second-order valence-corrected chi connectivity index (χ2v) is 7.89. The minimum atomic E-state index is -0.865. The SMILES string of the molecule is CC(C(=O)Nc1cccc2nonc12)N1C(=O)C(=Cc2cccc(F)c2)SC1=S. The highest BCUT2D eigenvalue weighted by Crippen LogP contribution is 2.34. The van der Waals surface area contributed by atoms with Gasteiger partial charge in [-0.15, -0.1) is 0 Å². The fourth-order valence-electron chi connectivity index (χ4n) is 2.82. The van der Waals surface area contributed by atoms with E-state index in [0.29, 0.717) is 27.2 Å². The van der Waals surface area contributed by atoms with Crippen molar-refractivity contribution in [1.82, 2.24) is 15.2 Å². The number of hydrogen-bond donors (Lipinski definition) is 1. The van der Waals surface area contributed by atoms with Crippen molar-refractivity contribution < 1.29 is 18.6 Å². The summed E-state index contributed by atoms with van der Waals surface area (Å²) in [6, 6.07) is 10.1. The van der Waals surface area contributed by atoms with Gasteiger partial charge in [0, 0.05) is 0 Å². The molecule has 1 saturated heterocycles. The molecule has 2 aromatic carbocycles. The number of rotatable bonds is 4. The molecular weight excluding hydrogens is 415 g/mol. The number of benzene rings is 2. The van der Waals surface area contributed by atoms with Crippen molar-refractivity contribution >= 4 is 62.9 Å². The van der Waals surface area contributed by atoms with E-state index in [2.05, 4.69) is 20.3 Å². The van der Waals surface area contributed by atoms with Crippen LogP contribution in [-0.4, -0.2) is 37.4 Å². The van der Waals surface area contributed by atoms with Gasteiger partial charge in [0.15, 0.2) is 5.52 Å². The number of carbonyl (C=O) groups excluding carboxylic acids is 2. The number of nitrogens with zero attached hydrogens (tertiary/aromatic N) is 3. The van der Waals surface area contributed by atoms with Crippen LogP contribution in [0.1, 0.15) is 12.5 Å². The van der Waals surface area contributed by atoms with E-state index in [4.69, 9.17) is 12.2 Å². The summed E-state index contributed by atoms with van der Waals surface area (Å²) in [7, 11) is 0. The minimum absolute atomic E-state index is 0.251. The molecule has 10 heteroatoms. The van der Waals surface area contributed by atoms with E-state index in [0.717, 1.165) is 11.8 Å². The van der Waals surface area contributed by atoms with Crippen molar-refractivity contribution in [3.05, 3.63) is 58.8 Å². The Morgan fingerprint density at radius 3 is 2.90 bits per heavy atom. The first kappa shape index (κ1) is 19.2. The van der Waals surface area contributed by atoms with E-state index in [1.165, 1.54) is 17.0 Å². The summed E-state index contributed by atoms with van der Waals surface area (Å²) in [6.07, 6.45) is 1.55. The number of carbonyl (C=O) groups is 2. The number of halogens is 1. The summed E-state index contributed by atoms with van der Waals surface area (Å²) in [5, 5.41) is 10.2. The largest absolute Gasteiger partial charge is 0.322 e. The first-order chi connectivity index (χ1) is 13.9. The summed E-state index contributed by atoms with van der Waals surface area (Å²) in [6.45, 7) is 1.58. The van der Waals surface area contributed by atoms with Crippen LogP contribution >= 0.6 is 24.0 Å². The fourth-order valence-corrected chi connectivity index (χ4v) is 4.24. The molecule has 2 heterocycles. The van der Waals surface area contributed by atoms with Crippen LogP contribution < -0.4 is 5.32 Å². The summed E-state index contributed by atoms with van der Waals surface area (Å²) in [5.41, 5.74) is 1.86. The molecule has 1 fully saturated rings. The number of amides is 2. The lowest BCUT2D eigenvalue weighted by atomic mass is 10.2. The van der Waals surface area contributed by atoms with E-state index in [9.17, 15) is 14.0 Å². The number of fused-ring (bicyclic) bond motifs is 1. The average molecular weight is 428 g/mol. The molecule has 1 unspecified atom stereocenters. The molecule has 1 atom stereocenters. The summed E-state index contributed by atoms with van der Waals surface area (Å²) in [4.78, 5) is 27.1. The van der Waals surface area contributed by atoms with E-state index < -0.39 is 23.7 Å². The first-order valence-electron chi connectivity index (χ1n) is 8.49. The zero-order valence-electron chi connectivity index (χ0n) is 15.0. The van der Waals surface area contributed by atoms with Gasteiger partial charge >= 0.3 is 0 Å². The maximum absolute atomic E-state index is 13.4. The first-order valence-corrected chi connectivity index (χ1v) is 9.71. The van der Waals surface area contributed by atoms with Gasteiger partial charge < -0.3 is 5.32 Å². The van der Waals surface area contributed by atoms with E-state index in [1.54, 1.807) is 43.3 Å². The highest BCUT2D eigenvalue weighted by Gasteiger charge is 2.38. The standard InChI is InChI=1S/C19H13FN4O3S2/c1-10(17(25)21-13-6-3-7-14-16(13)23-27-22-14)24-18(26)15(29-19(24)28)9-11-4-2-5-12(20)8-11/h2-10H,1H3,(H,21,25). The Hall–Kier alpha value is -3.11. The second kappa shape index (κ2) is 7.72. The minimum Gasteiger partial charge on any atom is -0.322 e. The van der Waals surface area contributed by atoms with Crippen molar-refractivity contribution in [3.63, 3.8) is 0 Å². The van der Waals surface area contributed by atoms with Crippen LogP contribution in [0.5, 0.6) is 0 Å². The van der Waals surface area contributed by atoms with Gasteiger partial charge in [-0.25, -0.2) is 9.02 Å². The molecule has 4 rings (SSSR count). The third kappa shape index (κ3) is 3.76. The van der Waals surface area contributed by atoms with Gasteiger partial charge in [0.05, 0.1) is 10.6 Å². The average Bonchev–Trinajstić information content (AvgIpc) is 3.27. The highest BCUT2D eigenvalue weighted by atomic mass is 32.2. The topological polar surface area (TPSA) is 88.3 Å². The van der Waals surface area contributed by atoms with E-state index >= 15 is 0 Å². The zero-order chi connectivity index (χ0) is 20.5. The Balaban J connectivity index is 1.54. The zero-order valence-corrected chi connectivity index (χ0v) is 16.6. The molecule has 0 saturated carbocycles. The third-order valence-electron chi connectivity index (χ3n) is 4.28. The lowest BCUT2D eigenvalue weighted by molar-refractivity contribution is -0.129. The molecule has 2 amide bonds. The Morgan fingerprint density at radius 1 is 1.31 bits per heavy atom. The predicted octanol–water partition coefficient (Wildman–Crippen LogP) is 3.59. The molecule has 0 bridgehead atoms. The van der Waals surface area contributed by atoms with Gasteiger partial charge in [-0.1, -0.05) is 42.2 Å². The molecule has 1 N–H and O–H groups in total. The van der Waals surface area contributed by atoms with Crippen molar-refractivity contribution in [2.24, 2.45) is 0 Å². The maximum Gasteiger partial charge on any atom is 0.266 e. The quantitative estimate of drug-likeness (QED) is 0.502. The molecule has 146 valence electrons. The monoisotopic (exact) mass is 428 g/mol. The Bertz CT molecular complexity index is 1180. The van der Waals surface area contributed by atoms with E-state index in [-0.39, 0.29) is 4.32 Å². The lowest BCUT2D eigenvalue weighted by Crippen LogP contribution is -2.44. The second-order valence-electron chi connectivity index (χ2n) is 6.21. The highest BCUT2D eigenvalue weighted by molar-refractivity contribution is 8.26. The smallest absolute Gasteiger partial charge is 0.266 e. The third-order valence-corrected chi connectivity index (χ3v) is 5.61. The van der Waals surface area contributed by atoms with Crippen LogP contribution in [0.15, 0.2) is 52.0 Å². The maximum atomic E-state index is 13.4. The van der Waals surface area contributed by atoms with Crippen LogP contribution in [0.2, 0.25) is 0 Å².